The number of hydrogen-bond donors (Lipinski definition) is 4. The highest BCUT2D eigenvalue weighted by Gasteiger charge is 2.15. The molecule has 0 aromatic heterocycles. The molecule has 7 N–H and O–H groups in total. The molecule has 7 nitrogen and oxygen atoms in total. The number of carbonyl (C=O) groups is 1. The van der Waals surface area contributed by atoms with Gasteiger partial charge in [0.2, 0.25) is 5.91 Å². The third-order valence-corrected chi connectivity index (χ3v) is 2.70. The van der Waals surface area contributed by atoms with E-state index in [1.165, 1.54) is 6.21 Å². The van der Waals surface area contributed by atoms with Crippen LogP contribution in [0.25, 0.3) is 0 Å². The molecule has 0 spiro atoms. The van der Waals surface area contributed by atoms with Gasteiger partial charge < -0.3 is 22.5 Å². The zero-order valence-electron chi connectivity index (χ0n) is 12.7. The number of hydrogen-bond acceptors (Lipinski definition) is 6. The van der Waals surface area contributed by atoms with Crippen LogP contribution in [0.3, 0.4) is 0 Å². The summed E-state index contributed by atoms with van der Waals surface area (Å²) in [5, 5.41) is 2.79. The first-order chi connectivity index (χ1) is 10.6. The van der Waals surface area contributed by atoms with E-state index in [1.54, 1.807) is 6.08 Å². The van der Waals surface area contributed by atoms with Gasteiger partial charge in [0, 0.05) is 18.5 Å². The second kappa shape index (κ2) is 9.37. The number of amides is 1. The number of nitrogens with one attached hydrogen (secondary N) is 1. The monoisotopic (exact) mass is 302 g/mol. The third-order valence-electron chi connectivity index (χ3n) is 2.70. The highest BCUT2D eigenvalue weighted by molar-refractivity contribution is 6.02. The summed E-state index contributed by atoms with van der Waals surface area (Å²) >= 11 is 0. The molecule has 1 amide bonds. The minimum atomic E-state index is -0.185. The Morgan fingerprint density at radius 2 is 2.27 bits per heavy atom. The first-order valence-electron chi connectivity index (χ1n) is 7.05. The Labute approximate surface area is 130 Å². The van der Waals surface area contributed by atoms with Crippen LogP contribution in [0.2, 0.25) is 0 Å². The van der Waals surface area contributed by atoms with Gasteiger partial charge in [-0.25, -0.2) is 4.99 Å². The SMILES string of the molecule is CCCNC(=O)C1=CC(N)=C(C=NCC#CCN)N=C(N)C1. The normalized spacial score (nSPS) is 14.8. The lowest BCUT2D eigenvalue weighted by molar-refractivity contribution is -0.117. The lowest BCUT2D eigenvalue weighted by Crippen LogP contribution is -2.28. The van der Waals surface area contributed by atoms with Crippen molar-refractivity contribution in [1.29, 1.82) is 0 Å². The molecule has 0 aliphatic carbocycles. The van der Waals surface area contributed by atoms with E-state index < -0.39 is 0 Å². The lowest BCUT2D eigenvalue weighted by Gasteiger charge is -2.06. The smallest absolute Gasteiger partial charge is 0.247 e. The van der Waals surface area contributed by atoms with Crippen molar-refractivity contribution >= 4 is 18.0 Å². The maximum atomic E-state index is 12.0. The molecule has 118 valence electrons. The average Bonchev–Trinajstić information content (AvgIpc) is 2.63. The van der Waals surface area contributed by atoms with Crippen molar-refractivity contribution < 1.29 is 4.79 Å². The number of nitrogens with zero attached hydrogens (tertiary/aromatic N) is 2. The molecular formula is C15H22N6O. The van der Waals surface area contributed by atoms with Crippen LogP contribution in [0.5, 0.6) is 0 Å². The van der Waals surface area contributed by atoms with Crippen LogP contribution in [0.15, 0.2) is 33.0 Å². The molecule has 0 saturated heterocycles. The second-order valence-corrected chi connectivity index (χ2v) is 4.57. The molecule has 7 heteroatoms. The summed E-state index contributed by atoms with van der Waals surface area (Å²) in [6, 6.07) is 0. The molecule has 0 radical (unpaired) electrons. The average molecular weight is 302 g/mol. The molecule has 0 unspecified atom stereocenters. The van der Waals surface area contributed by atoms with Crippen LogP contribution in [-0.4, -0.2) is 37.6 Å². The Kier molecular flexibility index (Phi) is 7.43. The van der Waals surface area contributed by atoms with Gasteiger partial charge in [-0.1, -0.05) is 18.8 Å². The van der Waals surface area contributed by atoms with E-state index in [9.17, 15) is 4.79 Å². The summed E-state index contributed by atoms with van der Waals surface area (Å²) < 4.78 is 0. The second-order valence-electron chi connectivity index (χ2n) is 4.57. The summed E-state index contributed by atoms with van der Waals surface area (Å²) in [4.78, 5) is 20.3. The molecule has 0 saturated carbocycles. The molecule has 1 aliphatic heterocycles. The van der Waals surface area contributed by atoms with Crippen molar-refractivity contribution in [3.8, 4) is 11.8 Å². The summed E-state index contributed by atoms with van der Waals surface area (Å²) in [6.45, 7) is 3.18. The number of allylic oxidation sites excluding steroid dienone is 2. The van der Waals surface area contributed by atoms with Gasteiger partial charge >= 0.3 is 0 Å². The third kappa shape index (κ3) is 5.81. The van der Waals surface area contributed by atoms with E-state index in [0.29, 0.717) is 42.4 Å². The quantitative estimate of drug-likeness (QED) is 0.399. The van der Waals surface area contributed by atoms with E-state index in [1.807, 2.05) is 6.92 Å². The lowest BCUT2D eigenvalue weighted by atomic mass is 10.1. The Bertz CT molecular complexity index is 589. The fourth-order valence-corrected chi connectivity index (χ4v) is 1.67. The van der Waals surface area contributed by atoms with E-state index in [4.69, 9.17) is 17.2 Å². The topological polar surface area (TPSA) is 132 Å². The Morgan fingerprint density at radius 1 is 1.50 bits per heavy atom. The van der Waals surface area contributed by atoms with Crippen molar-refractivity contribution in [2.45, 2.75) is 19.8 Å². The van der Waals surface area contributed by atoms with Crippen molar-refractivity contribution in [2.24, 2.45) is 27.2 Å². The molecule has 1 heterocycles. The number of amidine groups is 1. The van der Waals surface area contributed by atoms with Crippen LogP contribution in [0.4, 0.5) is 0 Å². The van der Waals surface area contributed by atoms with Crippen LogP contribution in [-0.2, 0) is 4.79 Å². The zero-order chi connectivity index (χ0) is 16.4. The Balaban J connectivity index is 2.90. The highest BCUT2D eigenvalue weighted by Crippen LogP contribution is 2.13. The summed E-state index contributed by atoms with van der Waals surface area (Å²) in [5.74, 6) is 5.60. The first kappa shape index (κ1) is 17.5. The zero-order valence-corrected chi connectivity index (χ0v) is 12.7. The molecule has 0 fully saturated rings. The molecule has 0 atom stereocenters. The fourth-order valence-electron chi connectivity index (χ4n) is 1.67. The molecule has 0 bridgehead atoms. The first-order valence-corrected chi connectivity index (χ1v) is 7.05. The predicted octanol–water partition coefficient (Wildman–Crippen LogP) is -0.597. The summed E-state index contributed by atoms with van der Waals surface area (Å²) in [5.41, 5.74) is 18.3. The molecule has 1 rings (SSSR count). The van der Waals surface area contributed by atoms with Crippen molar-refractivity contribution in [1.82, 2.24) is 5.32 Å². The van der Waals surface area contributed by atoms with Gasteiger partial charge in [0.15, 0.2) is 0 Å². The fraction of sp³-hybridized carbons (Fsp3) is 0.400. The minimum absolute atomic E-state index is 0.185. The van der Waals surface area contributed by atoms with Gasteiger partial charge in [0.1, 0.15) is 11.5 Å². The van der Waals surface area contributed by atoms with Crippen LogP contribution < -0.4 is 22.5 Å². The van der Waals surface area contributed by atoms with Gasteiger partial charge in [-0.3, -0.25) is 9.79 Å². The van der Waals surface area contributed by atoms with Crippen LogP contribution in [0.1, 0.15) is 19.8 Å². The molecular weight excluding hydrogens is 280 g/mol. The molecule has 0 aromatic rings. The number of aliphatic imine (C=N–C) groups is 2. The number of carbonyl (C=O) groups excluding carboxylic acids is 1. The maximum Gasteiger partial charge on any atom is 0.247 e. The standard InChI is InChI=1S/C15H22N6O/c1-2-6-20-15(22)11-8-12(17)13(21-14(18)9-11)10-19-7-4-3-5-16/h8,10H,2,5-7,9,16-17H2,1H3,(H2,18,21)(H,20,22). The van der Waals surface area contributed by atoms with E-state index >= 15 is 0 Å². The predicted molar refractivity (Wildman–Crippen MR) is 89.0 cm³/mol. The highest BCUT2D eigenvalue weighted by atomic mass is 16.1. The maximum absolute atomic E-state index is 12.0. The van der Waals surface area contributed by atoms with Crippen molar-refractivity contribution in [3.05, 3.63) is 23.0 Å². The van der Waals surface area contributed by atoms with Gasteiger partial charge in [-0.2, -0.15) is 0 Å². The largest absolute Gasteiger partial charge is 0.397 e. The summed E-state index contributed by atoms with van der Waals surface area (Å²) in [7, 11) is 0. The number of rotatable bonds is 5. The molecule has 0 aromatic carbocycles. The minimum Gasteiger partial charge on any atom is -0.397 e. The van der Waals surface area contributed by atoms with Crippen LogP contribution >= 0.6 is 0 Å². The van der Waals surface area contributed by atoms with E-state index in [0.717, 1.165) is 6.42 Å². The Morgan fingerprint density at radius 3 is 2.95 bits per heavy atom. The molecule has 1 aliphatic rings. The van der Waals surface area contributed by atoms with Gasteiger partial charge in [-0.15, -0.1) is 0 Å². The van der Waals surface area contributed by atoms with Gasteiger partial charge in [-0.05, 0) is 12.5 Å². The van der Waals surface area contributed by atoms with Crippen molar-refractivity contribution in [3.63, 3.8) is 0 Å². The van der Waals surface area contributed by atoms with Crippen molar-refractivity contribution in [2.75, 3.05) is 19.6 Å². The summed E-state index contributed by atoms with van der Waals surface area (Å²) in [6.07, 6.45) is 4.19. The van der Waals surface area contributed by atoms with E-state index in [2.05, 4.69) is 27.1 Å². The van der Waals surface area contributed by atoms with Crippen LogP contribution in [0, 0.1) is 11.8 Å². The molecule has 22 heavy (non-hydrogen) atoms. The van der Waals surface area contributed by atoms with Gasteiger partial charge in [0.05, 0.1) is 25.0 Å². The Hall–Kier alpha value is -2.59. The van der Waals surface area contributed by atoms with Gasteiger partial charge in [0.25, 0.3) is 0 Å². The van der Waals surface area contributed by atoms with E-state index in [-0.39, 0.29) is 12.3 Å². The number of nitrogens with two attached hydrogens (primary N) is 3.